The highest BCUT2D eigenvalue weighted by Gasteiger charge is 2.47. The normalized spacial score (nSPS) is 13.6. The number of hydrogen-bond acceptors (Lipinski definition) is 7. The van der Waals surface area contributed by atoms with Crippen LogP contribution in [0.15, 0.2) is 49.2 Å². The number of methoxy groups -OCH3 is 2. The molecule has 0 aliphatic rings. The maximum Gasteiger partial charge on any atom is 0.222 e. The molecule has 0 spiro atoms. The van der Waals surface area contributed by atoms with Gasteiger partial charge in [0.1, 0.15) is 11.9 Å². The Bertz CT molecular complexity index is 937. The zero-order valence-corrected chi connectivity index (χ0v) is 16.7. The molecule has 0 fully saturated rings. The van der Waals surface area contributed by atoms with Gasteiger partial charge < -0.3 is 14.6 Å². The summed E-state index contributed by atoms with van der Waals surface area (Å²) in [7, 11) is 3.09. The van der Waals surface area contributed by atoms with Crippen LogP contribution in [0.3, 0.4) is 0 Å². The fraction of sp³-hybridized carbons (Fsp3) is 0.333. The highest BCUT2D eigenvalue weighted by Crippen LogP contribution is 2.46. The summed E-state index contributed by atoms with van der Waals surface area (Å²) in [6.07, 6.45) is 6.39. The third-order valence-electron chi connectivity index (χ3n) is 4.76. The molecule has 0 amide bonds. The molecule has 3 aromatic heterocycles. The highest BCUT2D eigenvalue weighted by atomic mass is 16.5. The smallest absolute Gasteiger partial charge is 0.222 e. The molecule has 3 heterocycles. The second-order valence-electron chi connectivity index (χ2n) is 7.43. The summed E-state index contributed by atoms with van der Waals surface area (Å²) in [5, 5.41) is 11.8. The van der Waals surface area contributed by atoms with Crippen LogP contribution in [0, 0.1) is 5.41 Å². The minimum atomic E-state index is -1.45. The van der Waals surface area contributed by atoms with Crippen LogP contribution in [0.25, 0.3) is 11.1 Å². The van der Waals surface area contributed by atoms with Crippen LogP contribution in [0.1, 0.15) is 32.0 Å². The molecule has 1 atom stereocenters. The molecule has 0 aliphatic carbocycles. The largest absolute Gasteiger partial charge is 0.481 e. The molecule has 0 radical (unpaired) electrons. The Kier molecular flexibility index (Phi) is 5.29. The predicted octanol–water partition coefficient (Wildman–Crippen LogP) is 3.23. The van der Waals surface area contributed by atoms with Gasteiger partial charge in [0.2, 0.25) is 11.8 Å². The Balaban J connectivity index is 2.07. The molecule has 0 saturated carbocycles. The van der Waals surface area contributed by atoms with Crippen molar-refractivity contribution in [3.8, 4) is 22.9 Å². The van der Waals surface area contributed by atoms with Crippen molar-refractivity contribution in [3.05, 3.63) is 60.4 Å². The third kappa shape index (κ3) is 3.41. The van der Waals surface area contributed by atoms with Crippen molar-refractivity contribution in [2.24, 2.45) is 5.41 Å². The second-order valence-corrected chi connectivity index (χ2v) is 7.43. The first-order valence-corrected chi connectivity index (χ1v) is 8.85. The SMILES string of the molecule is COc1ccc(-c2ccc(C(O)(c3cncnc3OC)C(C)(C)C)nc2)cn1. The van der Waals surface area contributed by atoms with Crippen molar-refractivity contribution in [1.82, 2.24) is 19.9 Å². The molecular formula is C21H24N4O3. The molecule has 0 saturated heterocycles. The van der Waals surface area contributed by atoms with Crippen LogP contribution >= 0.6 is 0 Å². The summed E-state index contributed by atoms with van der Waals surface area (Å²) in [4.78, 5) is 17.0. The van der Waals surface area contributed by atoms with Gasteiger partial charge >= 0.3 is 0 Å². The molecule has 3 aromatic rings. The van der Waals surface area contributed by atoms with Gasteiger partial charge in [-0.15, -0.1) is 0 Å². The minimum absolute atomic E-state index is 0.317. The second kappa shape index (κ2) is 7.52. The van der Waals surface area contributed by atoms with Crippen molar-refractivity contribution in [3.63, 3.8) is 0 Å². The lowest BCUT2D eigenvalue weighted by Gasteiger charge is -2.40. The Morgan fingerprint density at radius 2 is 1.50 bits per heavy atom. The molecular weight excluding hydrogens is 356 g/mol. The Labute approximate surface area is 164 Å². The van der Waals surface area contributed by atoms with E-state index in [0.717, 1.165) is 11.1 Å². The first kappa shape index (κ1) is 19.7. The molecule has 28 heavy (non-hydrogen) atoms. The van der Waals surface area contributed by atoms with Crippen molar-refractivity contribution >= 4 is 0 Å². The third-order valence-corrected chi connectivity index (χ3v) is 4.76. The number of rotatable bonds is 5. The van der Waals surface area contributed by atoms with Crippen LogP contribution in [-0.2, 0) is 5.60 Å². The maximum atomic E-state index is 11.8. The van der Waals surface area contributed by atoms with Gasteiger partial charge in [-0.2, -0.15) is 0 Å². The molecule has 146 valence electrons. The van der Waals surface area contributed by atoms with Crippen LogP contribution in [-0.4, -0.2) is 39.3 Å². The Morgan fingerprint density at radius 1 is 0.821 bits per heavy atom. The average molecular weight is 380 g/mol. The van der Waals surface area contributed by atoms with E-state index >= 15 is 0 Å². The Hall–Kier alpha value is -3.06. The van der Waals surface area contributed by atoms with Gasteiger partial charge in [0.25, 0.3) is 0 Å². The van der Waals surface area contributed by atoms with Crippen molar-refractivity contribution < 1.29 is 14.6 Å². The number of hydrogen-bond donors (Lipinski definition) is 1. The monoisotopic (exact) mass is 380 g/mol. The molecule has 0 aliphatic heterocycles. The molecule has 3 rings (SSSR count). The number of pyridine rings is 2. The molecule has 1 N–H and O–H groups in total. The van der Waals surface area contributed by atoms with Gasteiger partial charge in [-0.3, -0.25) is 4.98 Å². The van der Waals surface area contributed by atoms with E-state index < -0.39 is 11.0 Å². The lowest BCUT2D eigenvalue weighted by atomic mass is 9.70. The lowest BCUT2D eigenvalue weighted by molar-refractivity contribution is -0.0319. The zero-order valence-electron chi connectivity index (χ0n) is 16.7. The number of ether oxygens (including phenoxy) is 2. The van der Waals surface area contributed by atoms with E-state index in [0.29, 0.717) is 23.0 Å². The van der Waals surface area contributed by atoms with Crippen LogP contribution < -0.4 is 9.47 Å². The number of aromatic nitrogens is 4. The van der Waals surface area contributed by atoms with Gasteiger partial charge in [0.05, 0.1) is 25.5 Å². The van der Waals surface area contributed by atoms with Gasteiger partial charge in [-0.25, -0.2) is 15.0 Å². The number of aliphatic hydroxyl groups is 1. The Morgan fingerprint density at radius 3 is 2.00 bits per heavy atom. The summed E-state index contributed by atoms with van der Waals surface area (Å²) in [6, 6.07) is 7.41. The topological polar surface area (TPSA) is 90.2 Å². The van der Waals surface area contributed by atoms with Crippen LogP contribution in [0.5, 0.6) is 11.8 Å². The predicted molar refractivity (Wildman–Crippen MR) is 105 cm³/mol. The van der Waals surface area contributed by atoms with Gasteiger partial charge in [0.15, 0.2) is 0 Å². The summed E-state index contributed by atoms with van der Waals surface area (Å²) in [6.45, 7) is 5.80. The van der Waals surface area contributed by atoms with E-state index in [4.69, 9.17) is 9.47 Å². The first-order valence-electron chi connectivity index (χ1n) is 8.85. The molecule has 0 aromatic carbocycles. The summed E-state index contributed by atoms with van der Waals surface area (Å²) >= 11 is 0. The molecule has 7 heteroatoms. The van der Waals surface area contributed by atoms with Gasteiger partial charge in [-0.05, 0) is 12.1 Å². The summed E-state index contributed by atoms with van der Waals surface area (Å²) in [5.41, 5.74) is 0.693. The van der Waals surface area contributed by atoms with Crippen LogP contribution in [0.2, 0.25) is 0 Å². The van der Waals surface area contributed by atoms with Crippen molar-refractivity contribution in [2.45, 2.75) is 26.4 Å². The van der Waals surface area contributed by atoms with Crippen LogP contribution in [0.4, 0.5) is 0 Å². The molecule has 0 bridgehead atoms. The quantitative estimate of drug-likeness (QED) is 0.727. The minimum Gasteiger partial charge on any atom is -0.481 e. The van der Waals surface area contributed by atoms with E-state index in [9.17, 15) is 5.11 Å². The van der Waals surface area contributed by atoms with E-state index in [1.165, 1.54) is 13.4 Å². The highest BCUT2D eigenvalue weighted by molar-refractivity contribution is 5.62. The lowest BCUT2D eigenvalue weighted by Crippen LogP contribution is -2.42. The van der Waals surface area contributed by atoms with Gasteiger partial charge in [0, 0.05) is 41.2 Å². The van der Waals surface area contributed by atoms with E-state index in [1.54, 1.807) is 37.8 Å². The fourth-order valence-corrected chi connectivity index (χ4v) is 3.11. The maximum absolute atomic E-state index is 11.8. The standard InChI is InChI=1S/C21H24N4O3/c1-20(2,3)21(26,16-12-22-13-25-19(16)28-5)17-8-6-14(10-23-17)15-7-9-18(27-4)24-11-15/h6-13,26H,1-5H3. The van der Waals surface area contributed by atoms with E-state index in [-0.39, 0.29) is 0 Å². The summed E-state index contributed by atoms with van der Waals surface area (Å²) in [5.74, 6) is 0.865. The van der Waals surface area contributed by atoms with E-state index in [1.807, 2.05) is 32.9 Å². The zero-order chi connectivity index (χ0) is 20.4. The first-order chi connectivity index (χ1) is 13.3. The summed E-state index contributed by atoms with van der Waals surface area (Å²) < 4.78 is 10.5. The molecule has 7 nitrogen and oxygen atoms in total. The average Bonchev–Trinajstić information content (AvgIpc) is 2.72. The van der Waals surface area contributed by atoms with Gasteiger partial charge in [-0.1, -0.05) is 26.8 Å². The number of nitrogens with zero attached hydrogens (tertiary/aromatic N) is 4. The molecule has 1 unspecified atom stereocenters. The fourth-order valence-electron chi connectivity index (χ4n) is 3.11. The van der Waals surface area contributed by atoms with Crippen molar-refractivity contribution in [1.29, 1.82) is 0 Å². The van der Waals surface area contributed by atoms with Crippen molar-refractivity contribution in [2.75, 3.05) is 14.2 Å². The van der Waals surface area contributed by atoms with E-state index in [2.05, 4.69) is 19.9 Å².